The average molecular weight is 244 g/mol. The third-order valence-electron chi connectivity index (χ3n) is 2.77. The molecule has 2 heterocycles. The number of fused-ring (bicyclic) bond motifs is 1. The van der Waals surface area contributed by atoms with Gasteiger partial charge in [-0.25, -0.2) is 0 Å². The molecule has 1 N–H and O–H groups in total. The summed E-state index contributed by atoms with van der Waals surface area (Å²) in [5, 5.41) is 4.37. The van der Waals surface area contributed by atoms with E-state index < -0.39 is 0 Å². The Hall–Kier alpha value is -1.88. The van der Waals surface area contributed by atoms with Crippen molar-refractivity contribution >= 4 is 23.3 Å². The zero-order valence-electron chi connectivity index (χ0n) is 9.42. The third kappa shape index (κ3) is 1.78. The van der Waals surface area contributed by atoms with Crippen molar-refractivity contribution < 1.29 is 0 Å². The van der Waals surface area contributed by atoms with E-state index in [1.165, 1.54) is 0 Å². The third-order valence-corrected chi connectivity index (χ3v) is 3.09. The van der Waals surface area contributed by atoms with Gasteiger partial charge in [0.1, 0.15) is 0 Å². The lowest BCUT2D eigenvalue weighted by Gasteiger charge is -2.01. The minimum atomic E-state index is 0.698. The van der Waals surface area contributed by atoms with Crippen LogP contribution in [0.25, 0.3) is 11.0 Å². The summed E-state index contributed by atoms with van der Waals surface area (Å²) in [6.07, 6.45) is 1.94. The predicted molar refractivity (Wildman–Crippen MR) is 69.4 cm³/mol. The number of H-pyrrole nitrogens is 1. The van der Waals surface area contributed by atoms with Crippen LogP contribution in [0, 0.1) is 4.77 Å². The topological polar surface area (TPSA) is 38.5 Å². The van der Waals surface area contributed by atoms with Crippen molar-refractivity contribution in [3.63, 3.8) is 0 Å². The Morgan fingerprint density at radius 3 is 2.88 bits per heavy atom. The van der Waals surface area contributed by atoms with Crippen molar-refractivity contribution in [2.45, 2.75) is 6.54 Å². The normalized spacial score (nSPS) is 11.1. The van der Waals surface area contributed by atoms with Gasteiger partial charge in [0.05, 0.1) is 23.3 Å². The average Bonchev–Trinajstić information content (AvgIpc) is 2.85. The molecule has 0 atom stereocenters. The standard InChI is InChI=1S/C12H12N4S/c1-15-7-6-9(14-15)8-16-11-5-3-2-4-10(11)13-12(16)17/h2-7H,8H2,1H3,(H,13,17). The van der Waals surface area contributed by atoms with Crippen molar-refractivity contribution in [1.82, 2.24) is 19.3 Å². The lowest BCUT2D eigenvalue weighted by Crippen LogP contribution is -2.01. The van der Waals surface area contributed by atoms with Crippen LogP contribution in [0.15, 0.2) is 36.5 Å². The van der Waals surface area contributed by atoms with E-state index in [4.69, 9.17) is 12.2 Å². The lowest BCUT2D eigenvalue weighted by molar-refractivity contribution is 0.710. The number of hydrogen-bond acceptors (Lipinski definition) is 2. The van der Waals surface area contributed by atoms with Gasteiger partial charge < -0.3 is 9.55 Å². The first-order valence-corrected chi connectivity index (χ1v) is 5.81. The molecular formula is C12H12N4S. The van der Waals surface area contributed by atoms with E-state index in [0.717, 1.165) is 21.5 Å². The molecule has 0 unspecified atom stereocenters. The highest BCUT2D eigenvalue weighted by Crippen LogP contribution is 2.14. The number of benzene rings is 1. The molecule has 0 spiro atoms. The Morgan fingerprint density at radius 1 is 1.29 bits per heavy atom. The van der Waals surface area contributed by atoms with Gasteiger partial charge in [0.25, 0.3) is 0 Å². The van der Waals surface area contributed by atoms with Gasteiger partial charge in [-0.3, -0.25) is 4.68 Å². The van der Waals surface area contributed by atoms with E-state index in [1.54, 1.807) is 4.68 Å². The number of aryl methyl sites for hydroxylation is 1. The van der Waals surface area contributed by atoms with Crippen LogP contribution >= 0.6 is 12.2 Å². The van der Waals surface area contributed by atoms with Crippen LogP contribution in [0.1, 0.15) is 5.69 Å². The lowest BCUT2D eigenvalue weighted by atomic mass is 10.3. The fourth-order valence-electron chi connectivity index (χ4n) is 1.97. The highest BCUT2D eigenvalue weighted by Gasteiger charge is 2.05. The quantitative estimate of drug-likeness (QED) is 0.703. The number of aromatic nitrogens is 4. The summed E-state index contributed by atoms with van der Waals surface area (Å²) in [6, 6.07) is 10.1. The summed E-state index contributed by atoms with van der Waals surface area (Å²) in [6.45, 7) is 0.698. The Morgan fingerprint density at radius 2 is 2.12 bits per heavy atom. The second-order valence-electron chi connectivity index (χ2n) is 4.01. The maximum Gasteiger partial charge on any atom is 0.178 e. The van der Waals surface area contributed by atoms with Crippen molar-refractivity contribution in [3.8, 4) is 0 Å². The molecule has 0 aliphatic rings. The second-order valence-corrected chi connectivity index (χ2v) is 4.40. The molecule has 4 nitrogen and oxygen atoms in total. The molecule has 2 aromatic heterocycles. The van der Waals surface area contributed by atoms with Crippen LogP contribution < -0.4 is 0 Å². The van der Waals surface area contributed by atoms with Gasteiger partial charge in [-0.05, 0) is 30.4 Å². The van der Waals surface area contributed by atoms with Gasteiger partial charge in [-0.1, -0.05) is 12.1 Å². The fourth-order valence-corrected chi connectivity index (χ4v) is 2.25. The van der Waals surface area contributed by atoms with Crippen molar-refractivity contribution in [3.05, 3.63) is 47.0 Å². The van der Waals surface area contributed by atoms with E-state index >= 15 is 0 Å². The van der Waals surface area contributed by atoms with E-state index in [2.05, 4.69) is 20.7 Å². The summed E-state index contributed by atoms with van der Waals surface area (Å²) in [5.74, 6) is 0. The van der Waals surface area contributed by atoms with Crippen LogP contribution in [0.5, 0.6) is 0 Å². The van der Waals surface area contributed by atoms with Gasteiger partial charge in [-0.15, -0.1) is 0 Å². The first-order chi connectivity index (χ1) is 8.24. The summed E-state index contributed by atoms with van der Waals surface area (Å²) >= 11 is 5.33. The molecule has 0 aliphatic carbocycles. The maximum atomic E-state index is 5.33. The number of imidazole rings is 1. The summed E-state index contributed by atoms with van der Waals surface area (Å²) in [7, 11) is 1.91. The highest BCUT2D eigenvalue weighted by atomic mass is 32.1. The Kier molecular flexibility index (Phi) is 2.33. The van der Waals surface area contributed by atoms with Gasteiger partial charge in [0.15, 0.2) is 4.77 Å². The van der Waals surface area contributed by atoms with Gasteiger partial charge in [-0.2, -0.15) is 5.10 Å². The molecular weight excluding hydrogens is 232 g/mol. The predicted octanol–water partition coefficient (Wildman–Crippen LogP) is 2.48. The van der Waals surface area contributed by atoms with Crippen molar-refractivity contribution in [1.29, 1.82) is 0 Å². The van der Waals surface area contributed by atoms with Crippen LogP contribution in [-0.2, 0) is 13.6 Å². The minimum Gasteiger partial charge on any atom is -0.331 e. The molecule has 0 radical (unpaired) electrons. The second kappa shape index (κ2) is 3.85. The first-order valence-electron chi connectivity index (χ1n) is 5.40. The molecule has 0 fully saturated rings. The molecule has 17 heavy (non-hydrogen) atoms. The van der Waals surface area contributed by atoms with Gasteiger partial charge in [0.2, 0.25) is 0 Å². The zero-order valence-corrected chi connectivity index (χ0v) is 10.2. The summed E-state index contributed by atoms with van der Waals surface area (Å²) in [5.41, 5.74) is 3.19. The number of para-hydroxylation sites is 2. The monoisotopic (exact) mass is 244 g/mol. The van der Waals surface area contributed by atoms with E-state index in [9.17, 15) is 0 Å². The zero-order chi connectivity index (χ0) is 11.8. The highest BCUT2D eigenvalue weighted by molar-refractivity contribution is 7.71. The van der Waals surface area contributed by atoms with Crippen molar-refractivity contribution in [2.75, 3.05) is 0 Å². The molecule has 86 valence electrons. The van der Waals surface area contributed by atoms with Crippen LogP contribution in [0.4, 0.5) is 0 Å². The molecule has 0 saturated carbocycles. The number of hydrogen-bond donors (Lipinski definition) is 1. The van der Waals surface area contributed by atoms with Crippen LogP contribution in [-0.4, -0.2) is 19.3 Å². The molecule has 3 aromatic rings. The van der Waals surface area contributed by atoms with Crippen molar-refractivity contribution in [2.24, 2.45) is 7.05 Å². The molecule has 0 bridgehead atoms. The Balaban J connectivity index is 2.11. The fraction of sp³-hybridized carbons (Fsp3) is 0.167. The van der Waals surface area contributed by atoms with E-state index in [0.29, 0.717) is 6.54 Å². The molecule has 0 aliphatic heterocycles. The number of aromatic amines is 1. The van der Waals surface area contributed by atoms with E-state index in [-0.39, 0.29) is 0 Å². The number of nitrogens with zero attached hydrogens (tertiary/aromatic N) is 3. The Labute approximate surface area is 104 Å². The molecule has 0 saturated heterocycles. The summed E-state index contributed by atoms with van der Waals surface area (Å²) in [4.78, 5) is 3.20. The maximum absolute atomic E-state index is 5.33. The summed E-state index contributed by atoms with van der Waals surface area (Å²) < 4.78 is 4.60. The SMILES string of the molecule is Cn1ccc(Cn2c(=S)[nH]c3ccccc32)n1. The van der Waals surface area contributed by atoms with Crippen LogP contribution in [0.3, 0.4) is 0 Å². The smallest absolute Gasteiger partial charge is 0.178 e. The molecule has 3 rings (SSSR count). The Bertz CT molecular complexity index is 719. The molecule has 1 aromatic carbocycles. The molecule has 5 heteroatoms. The van der Waals surface area contributed by atoms with Gasteiger partial charge in [0, 0.05) is 13.2 Å². The minimum absolute atomic E-state index is 0.698. The van der Waals surface area contributed by atoms with Gasteiger partial charge >= 0.3 is 0 Å². The number of nitrogens with one attached hydrogen (secondary N) is 1. The number of rotatable bonds is 2. The van der Waals surface area contributed by atoms with Crippen LogP contribution in [0.2, 0.25) is 0 Å². The molecule has 0 amide bonds. The van der Waals surface area contributed by atoms with E-state index in [1.807, 2.05) is 37.5 Å². The first kappa shape index (κ1) is 10.3. The largest absolute Gasteiger partial charge is 0.331 e.